The number of rotatable bonds is 7. The smallest absolute Gasteiger partial charge is 0.416 e. The van der Waals surface area contributed by atoms with E-state index in [0.717, 1.165) is 6.07 Å². The highest BCUT2D eigenvalue weighted by Gasteiger charge is 2.33. The molecule has 3 nitrogen and oxygen atoms in total. The quantitative estimate of drug-likeness (QED) is 0.811. The molecule has 2 unspecified atom stereocenters. The maximum atomic E-state index is 12.9. The summed E-state index contributed by atoms with van der Waals surface area (Å²) in [5.74, 6) is -0.979. The van der Waals surface area contributed by atoms with Crippen LogP contribution in [0.3, 0.4) is 0 Å². The van der Waals surface area contributed by atoms with Crippen molar-refractivity contribution < 1.29 is 23.1 Å². The molecule has 1 aromatic carbocycles. The average Bonchev–Trinajstić information content (AvgIpc) is 2.37. The zero-order valence-electron chi connectivity index (χ0n) is 12.1. The van der Waals surface area contributed by atoms with Crippen LogP contribution in [0.25, 0.3) is 0 Å². The molecular formula is C15H20F3NO2. The minimum Gasteiger partial charge on any atom is -0.480 e. The van der Waals surface area contributed by atoms with Crippen LogP contribution in [0.4, 0.5) is 13.2 Å². The lowest BCUT2D eigenvalue weighted by atomic mass is 9.99. The van der Waals surface area contributed by atoms with E-state index < -0.39 is 23.8 Å². The van der Waals surface area contributed by atoms with Crippen LogP contribution in [0.15, 0.2) is 24.3 Å². The molecule has 6 heteroatoms. The van der Waals surface area contributed by atoms with Crippen molar-refractivity contribution >= 4 is 5.97 Å². The van der Waals surface area contributed by atoms with Crippen molar-refractivity contribution in [1.29, 1.82) is 0 Å². The number of benzene rings is 1. The highest BCUT2D eigenvalue weighted by molar-refractivity contribution is 5.73. The number of halogens is 3. The Balaban J connectivity index is 2.79. The van der Waals surface area contributed by atoms with Gasteiger partial charge in [-0.1, -0.05) is 31.5 Å². The van der Waals surface area contributed by atoms with Crippen LogP contribution in [0.2, 0.25) is 0 Å². The van der Waals surface area contributed by atoms with Gasteiger partial charge in [-0.05, 0) is 31.4 Å². The van der Waals surface area contributed by atoms with Gasteiger partial charge in [0.2, 0.25) is 0 Å². The van der Waals surface area contributed by atoms with E-state index in [4.69, 9.17) is 5.11 Å². The fourth-order valence-electron chi connectivity index (χ4n) is 2.27. The second-order valence-electron chi connectivity index (χ2n) is 5.11. The molecule has 118 valence electrons. The third-order valence-electron chi connectivity index (χ3n) is 3.21. The second-order valence-corrected chi connectivity index (χ2v) is 5.11. The Morgan fingerprint density at radius 2 is 1.95 bits per heavy atom. The van der Waals surface area contributed by atoms with Gasteiger partial charge in [0.05, 0.1) is 5.56 Å². The van der Waals surface area contributed by atoms with E-state index in [1.165, 1.54) is 12.1 Å². The number of hydrogen-bond acceptors (Lipinski definition) is 2. The Morgan fingerprint density at radius 3 is 2.48 bits per heavy atom. The van der Waals surface area contributed by atoms with Gasteiger partial charge in [0.15, 0.2) is 0 Å². The molecule has 2 atom stereocenters. The second kappa shape index (κ2) is 7.45. The van der Waals surface area contributed by atoms with Crippen LogP contribution in [-0.4, -0.2) is 23.2 Å². The maximum Gasteiger partial charge on any atom is 0.416 e. The van der Waals surface area contributed by atoms with E-state index in [1.54, 1.807) is 13.0 Å². The van der Waals surface area contributed by atoms with Gasteiger partial charge in [0.25, 0.3) is 0 Å². The van der Waals surface area contributed by atoms with Crippen LogP contribution < -0.4 is 5.32 Å². The summed E-state index contributed by atoms with van der Waals surface area (Å²) >= 11 is 0. The largest absolute Gasteiger partial charge is 0.480 e. The van der Waals surface area contributed by atoms with Gasteiger partial charge in [-0.2, -0.15) is 13.2 Å². The zero-order chi connectivity index (χ0) is 16.0. The number of alkyl halides is 3. The molecule has 1 rings (SSSR count). The maximum absolute atomic E-state index is 12.9. The summed E-state index contributed by atoms with van der Waals surface area (Å²) in [7, 11) is 0. The molecule has 2 N–H and O–H groups in total. The molecule has 0 aliphatic rings. The minimum absolute atomic E-state index is 0.128. The van der Waals surface area contributed by atoms with E-state index in [2.05, 4.69) is 5.32 Å². The molecule has 1 aromatic rings. The number of aliphatic carboxylic acids is 1. The number of carboxylic acids is 1. The predicted molar refractivity (Wildman–Crippen MR) is 74.1 cm³/mol. The van der Waals surface area contributed by atoms with Crippen LogP contribution in [0.5, 0.6) is 0 Å². The summed E-state index contributed by atoms with van der Waals surface area (Å²) in [6.45, 7) is 3.56. The molecule has 21 heavy (non-hydrogen) atoms. The number of nitrogens with one attached hydrogen (secondary N) is 1. The fraction of sp³-hybridized carbons (Fsp3) is 0.533. The first-order chi connectivity index (χ1) is 9.75. The van der Waals surface area contributed by atoms with E-state index in [-0.39, 0.29) is 18.0 Å². The molecule has 0 bridgehead atoms. The average molecular weight is 303 g/mol. The molecule has 0 radical (unpaired) electrons. The topological polar surface area (TPSA) is 49.3 Å². The van der Waals surface area contributed by atoms with Gasteiger partial charge in [-0.3, -0.25) is 4.79 Å². The summed E-state index contributed by atoms with van der Waals surface area (Å²) in [6, 6.07) is 4.28. The molecule has 0 saturated carbocycles. The number of carbonyl (C=O) groups is 1. The van der Waals surface area contributed by atoms with Gasteiger partial charge >= 0.3 is 12.1 Å². The van der Waals surface area contributed by atoms with Crippen LogP contribution in [0, 0.1) is 0 Å². The SMILES string of the molecule is CCCC(NC(C)Cc1ccccc1C(F)(F)F)C(=O)O. The van der Waals surface area contributed by atoms with Crippen LogP contribution >= 0.6 is 0 Å². The van der Waals surface area contributed by atoms with Gasteiger partial charge in [0.1, 0.15) is 6.04 Å². The Labute approximate surface area is 122 Å². The first-order valence-corrected chi connectivity index (χ1v) is 6.89. The third kappa shape index (κ3) is 5.38. The standard InChI is InChI=1S/C15H20F3NO2/c1-3-6-13(14(20)21)19-10(2)9-11-7-4-5-8-12(11)15(16,17)18/h4-5,7-8,10,13,19H,3,6,9H2,1-2H3,(H,20,21). The highest BCUT2D eigenvalue weighted by atomic mass is 19.4. The van der Waals surface area contributed by atoms with Crippen molar-refractivity contribution in [2.75, 3.05) is 0 Å². The molecular weight excluding hydrogens is 283 g/mol. The van der Waals surface area contributed by atoms with Gasteiger partial charge < -0.3 is 10.4 Å². The summed E-state index contributed by atoms with van der Waals surface area (Å²) in [5.41, 5.74) is -0.494. The van der Waals surface area contributed by atoms with E-state index in [1.807, 2.05) is 6.92 Å². The van der Waals surface area contributed by atoms with Crippen molar-refractivity contribution in [3.63, 3.8) is 0 Å². The normalized spacial score (nSPS) is 14.7. The summed E-state index contributed by atoms with van der Waals surface area (Å²) in [4.78, 5) is 11.1. The van der Waals surface area contributed by atoms with Crippen LogP contribution in [-0.2, 0) is 17.4 Å². The lowest BCUT2D eigenvalue weighted by Crippen LogP contribution is -2.43. The van der Waals surface area contributed by atoms with Crippen molar-refractivity contribution in [3.8, 4) is 0 Å². The molecule has 0 aliphatic carbocycles. The number of carboxylic acid groups (broad SMARTS) is 1. The monoisotopic (exact) mass is 303 g/mol. The highest BCUT2D eigenvalue weighted by Crippen LogP contribution is 2.32. The molecule has 0 fully saturated rings. The van der Waals surface area contributed by atoms with E-state index in [9.17, 15) is 18.0 Å². The van der Waals surface area contributed by atoms with E-state index >= 15 is 0 Å². The lowest BCUT2D eigenvalue weighted by molar-refractivity contribution is -0.140. The first-order valence-electron chi connectivity index (χ1n) is 6.89. The summed E-state index contributed by atoms with van der Waals surface area (Å²) in [5, 5.41) is 11.9. The zero-order valence-corrected chi connectivity index (χ0v) is 12.1. The lowest BCUT2D eigenvalue weighted by Gasteiger charge is -2.21. The number of hydrogen-bond donors (Lipinski definition) is 2. The third-order valence-corrected chi connectivity index (χ3v) is 3.21. The molecule has 0 heterocycles. The van der Waals surface area contributed by atoms with Gasteiger partial charge in [0, 0.05) is 6.04 Å². The summed E-state index contributed by atoms with van der Waals surface area (Å²) < 4.78 is 38.7. The van der Waals surface area contributed by atoms with Crippen molar-refractivity contribution in [3.05, 3.63) is 35.4 Å². The fourth-order valence-corrected chi connectivity index (χ4v) is 2.27. The molecule has 0 aromatic heterocycles. The van der Waals surface area contributed by atoms with Gasteiger partial charge in [-0.15, -0.1) is 0 Å². The Bertz CT molecular complexity index is 474. The molecule has 0 spiro atoms. The van der Waals surface area contributed by atoms with Crippen molar-refractivity contribution in [2.45, 2.75) is 51.4 Å². The molecule has 0 saturated heterocycles. The van der Waals surface area contributed by atoms with Gasteiger partial charge in [-0.25, -0.2) is 0 Å². The molecule has 0 aliphatic heterocycles. The Morgan fingerprint density at radius 1 is 1.33 bits per heavy atom. The predicted octanol–water partition coefficient (Wildman–Crippen LogP) is 3.48. The van der Waals surface area contributed by atoms with Crippen LogP contribution in [0.1, 0.15) is 37.8 Å². The first kappa shape index (κ1) is 17.5. The van der Waals surface area contributed by atoms with E-state index in [0.29, 0.717) is 12.8 Å². The Hall–Kier alpha value is -1.56. The summed E-state index contributed by atoms with van der Waals surface area (Å²) in [6.07, 6.45) is -3.13. The Kier molecular flexibility index (Phi) is 6.20. The van der Waals surface area contributed by atoms with Crippen molar-refractivity contribution in [1.82, 2.24) is 5.32 Å². The minimum atomic E-state index is -4.40. The molecule has 0 amide bonds. The van der Waals surface area contributed by atoms with Crippen molar-refractivity contribution in [2.24, 2.45) is 0 Å².